The van der Waals surface area contributed by atoms with Gasteiger partial charge in [0.2, 0.25) is 0 Å². The van der Waals surface area contributed by atoms with Gasteiger partial charge in [-0.25, -0.2) is 4.98 Å². The lowest BCUT2D eigenvalue weighted by Gasteiger charge is -2.43. The molecule has 0 spiro atoms. The summed E-state index contributed by atoms with van der Waals surface area (Å²) in [5.74, 6) is 1.71. The summed E-state index contributed by atoms with van der Waals surface area (Å²) in [5.41, 5.74) is 1.46. The van der Waals surface area contributed by atoms with Gasteiger partial charge >= 0.3 is 0 Å². The van der Waals surface area contributed by atoms with Gasteiger partial charge in [0.05, 0.1) is 5.69 Å². The van der Waals surface area contributed by atoms with E-state index in [2.05, 4.69) is 40.7 Å². The summed E-state index contributed by atoms with van der Waals surface area (Å²) in [6.45, 7) is 13.7. The van der Waals surface area contributed by atoms with Crippen LogP contribution in [0.15, 0.2) is 4.52 Å². The molecule has 2 aromatic rings. The molecule has 2 aromatic heterocycles. The second-order valence-corrected chi connectivity index (χ2v) is 6.38. The van der Waals surface area contributed by atoms with Gasteiger partial charge in [-0.05, 0) is 34.1 Å². The number of anilines is 1. The topological polar surface area (TPSA) is 58.3 Å². The molecular formula is C16H25N5O. The highest BCUT2D eigenvalue weighted by atomic mass is 16.5. The molecule has 0 aliphatic carbocycles. The molecule has 0 amide bonds. The maximum absolute atomic E-state index is 5.34. The third-order valence-corrected chi connectivity index (χ3v) is 4.56. The third kappa shape index (κ3) is 2.56. The van der Waals surface area contributed by atoms with Gasteiger partial charge in [0.25, 0.3) is 5.71 Å². The molecule has 1 aliphatic rings. The average molecular weight is 303 g/mol. The number of aromatic nitrogens is 3. The zero-order valence-corrected chi connectivity index (χ0v) is 14.1. The Morgan fingerprint density at radius 1 is 1.23 bits per heavy atom. The highest BCUT2D eigenvalue weighted by Gasteiger charge is 2.30. The maximum atomic E-state index is 5.34. The van der Waals surface area contributed by atoms with Gasteiger partial charge in [-0.15, -0.1) is 0 Å². The summed E-state index contributed by atoms with van der Waals surface area (Å²) < 4.78 is 5.34. The lowest BCUT2D eigenvalue weighted by atomic mass is 10.1. The highest BCUT2D eigenvalue weighted by molar-refractivity contribution is 5.88. The molecular weight excluding hydrogens is 278 g/mol. The van der Waals surface area contributed by atoms with E-state index in [0.29, 0.717) is 17.8 Å². The van der Waals surface area contributed by atoms with Crippen LogP contribution in [-0.4, -0.2) is 51.7 Å². The number of rotatable bonds is 3. The summed E-state index contributed by atoms with van der Waals surface area (Å²) in [4.78, 5) is 14.0. The Bertz CT molecular complexity index is 666. The molecule has 1 aliphatic heterocycles. The Kier molecular flexibility index (Phi) is 4.04. The number of hydrogen-bond acceptors (Lipinski definition) is 6. The quantitative estimate of drug-likeness (QED) is 0.868. The van der Waals surface area contributed by atoms with E-state index in [0.717, 1.165) is 48.8 Å². The molecule has 0 bridgehead atoms. The van der Waals surface area contributed by atoms with Gasteiger partial charge in [0.1, 0.15) is 17.0 Å². The van der Waals surface area contributed by atoms with Crippen molar-refractivity contribution in [2.24, 2.45) is 0 Å². The van der Waals surface area contributed by atoms with E-state index in [1.165, 1.54) is 0 Å². The Morgan fingerprint density at radius 3 is 2.68 bits per heavy atom. The molecule has 0 aromatic carbocycles. The zero-order valence-electron chi connectivity index (χ0n) is 14.1. The smallest absolute Gasteiger partial charge is 0.263 e. The Labute approximate surface area is 131 Å². The molecule has 0 N–H and O–H groups in total. The van der Waals surface area contributed by atoms with E-state index in [1.54, 1.807) is 0 Å². The summed E-state index contributed by atoms with van der Waals surface area (Å²) in [7, 11) is 0. The van der Waals surface area contributed by atoms with Crippen molar-refractivity contribution in [3.63, 3.8) is 0 Å². The zero-order chi connectivity index (χ0) is 15.9. The van der Waals surface area contributed by atoms with Crippen LogP contribution in [0.2, 0.25) is 0 Å². The fraction of sp³-hybridized carbons (Fsp3) is 0.688. The first-order valence-corrected chi connectivity index (χ1v) is 8.12. The molecule has 22 heavy (non-hydrogen) atoms. The van der Waals surface area contributed by atoms with E-state index >= 15 is 0 Å². The molecule has 3 rings (SSSR count). The molecule has 1 unspecified atom stereocenters. The number of aryl methyl sites for hydroxylation is 2. The normalized spacial score (nSPS) is 20.3. The van der Waals surface area contributed by atoms with Gasteiger partial charge in [0.15, 0.2) is 0 Å². The van der Waals surface area contributed by atoms with Gasteiger partial charge in [-0.2, -0.15) is 4.98 Å². The standard InChI is InChI=1S/C16H25N5O/c1-6-13-9-20(7-8-21(13)10(2)3)15-14-11(4)19-22-16(14)18-12(5)17-15/h10,13H,6-9H2,1-5H3. The fourth-order valence-corrected chi connectivity index (χ4v) is 3.41. The Balaban J connectivity index is 1.97. The van der Waals surface area contributed by atoms with Crippen LogP contribution in [0.1, 0.15) is 38.7 Å². The van der Waals surface area contributed by atoms with Gasteiger partial charge < -0.3 is 9.42 Å². The summed E-state index contributed by atoms with van der Waals surface area (Å²) in [6, 6.07) is 1.14. The summed E-state index contributed by atoms with van der Waals surface area (Å²) in [6.07, 6.45) is 1.14. The van der Waals surface area contributed by atoms with Gasteiger partial charge in [-0.1, -0.05) is 12.1 Å². The second-order valence-electron chi connectivity index (χ2n) is 6.38. The minimum atomic E-state index is 0.555. The van der Waals surface area contributed by atoms with Crippen LogP contribution in [0.4, 0.5) is 5.82 Å². The Hall–Kier alpha value is -1.69. The lowest BCUT2D eigenvalue weighted by Crippen LogP contribution is -2.55. The molecule has 6 nitrogen and oxygen atoms in total. The number of piperazine rings is 1. The highest BCUT2D eigenvalue weighted by Crippen LogP contribution is 2.29. The van der Waals surface area contributed by atoms with E-state index in [9.17, 15) is 0 Å². The van der Waals surface area contributed by atoms with Crippen LogP contribution in [0.5, 0.6) is 0 Å². The van der Waals surface area contributed by atoms with Crippen molar-refractivity contribution in [2.75, 3.05) is 24.5 Å². The van der Waals surface area contributed by atoms with E-state index in [4.69, 9.17) is 9.51 Å². The first kappa shape index (κ1) is 15.2. The largest absolute Gasteiger partial charge is 0.353 e. The number of nitrogens with zero attached hydrogens (tertiary/aromatic N) is 5. The van der Waals surface area contributed by atoms with Crippen molar-refractivity contribution < 1.29 is 4.52 Å². The predicted molar refractivity (Wildman–Crippen MR) is 87.2 cm³/mol. The van der Waals surface area contributed by atoms with Crippen LogP contribution in [-0.2, 0) is 0 Å². The van der Waals surface area contributed by atoms with Crippen LogP contribution in [0.25, 0.3) is 11.1 Å². The molecule has 120 valence electrons. The fourth-order valence-electron chi connectivity index (χ4n) is 3.41. The van der Waals surface area contributed by atoms with Crippen molar-refractivity contribution in [2.45, 2.75) is 53.1 Å². The molecule has 1 atom stereocenters. The predicted octanol–water partition coefficient (Wildman–Crippen LogP) is 2.54. The monoisotopic (exact) mass is 303 g/mol. The molecule has 6 heteroatoms. The average Bonchev–Trinajstić information content (AvgIpc) is 2.86. The van der Waals surface area contributed by atoms with Crippen molar-refractivity contribution in [3.8, 4) is 0 Å². The molecule has 1 saturated heterocycles. The van der Waals surface area contributed by atoms with E-state index in [-0.39, 0.29) is 0 Å². The summed E-state index contributed by atoms with van der Waals surface area (Å²) >= 11 is 0. The summed E-state index contributed by atoms with van der Waals surface area (Å²) in [5, 5.41) is 5.02. The van der Waals surface area contributed by atoms with Gasteiger partial charge in [0, 0.05) is 31.7 Å². The van der Waals surface area contributed by atoms with Crippen LogP contribution in [0, 0.1) is 13.8 Å². The lowest BCUT2D eigenvalue weighted by molar-refractivity contribution is 0.133. The van der Waals surface area contributed by atoms with Crippen molar-refractivity contribution in [1.29, 1.82) is 0 Å². The first-order valence-electron chi connectivity index (χ1n) is 8.12. The SMILES string of the molecule is CCC1CN(c2nc(C)nc3onc(C)c23)CCN1C(C)C. The van der Waals surface area contributed by atoms with Crippen LogP contribution < -0.4 is 4.90 Å². The first-order chi connectivity index (χ1) is 10.5. The van der Waals surface area contributed by atoms with Crippen molar-refractivity contribution in [1.82, 2.24) is 20.0 Å². The maximum Gasteiger partial charge on any atom is 0.263 e. The third-order valence-electron chi connectivity index (χ3n) is 4.56. The number of fused-ring (bicyclic) bond motifs is 1. The molecule has 0 radical (unpaired) electrons. The Morgan fingerprint density at radius 2 is 2.00 bits per heavy atom. The second kappa shape index (κ2) is 5.83. The van der Waals surface area contributed by atoms with Crippen LogP contribution >= 0.6 is 0 Å². The molecule has 0 saturated carbocycles. The van der Waals surface area contributed by atoms with Gasteiger partial charge in [-0.3, -0.25) is 4.90 Å². The van der Waals surface area contributed by atoms with Crippen LogP contribution in [0.3, 0.4) is 0 Å². The van der Waals surface area contributed by atoms with Crippen molar-refractivity contribution >= 4 is 16.9 Å². The minimum absolute atomic E-state index is 0.555. The van der Waals surface area contributed by atoms with E-state index in [1.807, 2.05) is 13.8 Å². The molecule has 1 fully saturated rings. The van der Waals surface area contributed by atoms with Crippen molar-refractivity contribution in [3.05, 3.63) is 11.5 Å². The molecule has 3 heterocycles. The van der Waals surface area contributed by atoms with E-state index < -0.39 is 0 Å². The number of hydrogen-bond donors (Lipinski definition) is 0. The minimum Gasteiger partial charge on any atom is -0.353 e.